The third kappa shape index (κ3) is 3.14. The molecule has 0 radical (unpaired) electrons. The quantitative estimate of drug-likeness (QED) is 0.666. The van der Waals surface area contributed by atoms with Crippen LogP contribution in [-0.2, 0) is 0 Å². The number of para-hydroxylation sites is 1. The third-order valence-corrected chi connectivity index (χ3v) is 1.77. The topological polar surface area (TPSA) is 12.0 Å². The lowest BCUT2D eigenvalue weighted by molar-refractivity contribution is 0.571. The van der Waals surface area contributed by atoms with Gasteiger partial charge in [0.05, 0.1) is 0 Å². The summed E-state index contributed by atoms with van der Waals surface area (Å²) in [6, 6.07) is 8.08. The Balaban J connectivity index is 3.00. The van der Waals surface area contributed by atoms with Crippen LogP contribution in [0.2, 0.25) is 0 Å². The molecular weight excluding hydrogens is 170 g/mol. The first-order valence-electron chi connectivity index (χ1n) is 4.83. The Morgan fingerprint density at radius 2 is 1.79 bits per heavy atom. The van der Waals surface area contributed by atoms with Gasteiger partial charge in [0, 0.05) is 23.7 Å². The van der Waals surface area contributed by atoms with Crippen molar-refractivity contribution in [3.8, 4) is 11.8 Å². The summed E-state index contributed by atoms with van der Waals surface area (Å²) < 4.78 is 0. The molecule has 1 aromatic carbocycles. The van der Waals surface area contributed by atoms with Crippen molar-refractivity contribution in [1.82, 2.24) is 0 Å². The smallest absolute Gasteiger partial charge is 0.0496 e. The van der Waals surface area contributed by atoms with Crippen molar-refractivity contribution in [1.29, 1.82) is 0 Å². The molecule has 74 valence electrons. The zero-order valence-electron chi connectivity index (χ0n) is 9.31. The van der Waals surface area contributed by atoms with Crippen LogP contribution in [-0.4, -0.2) is 7.05 Å². The molecule has 1 rings (SSSR count). The fraction of sp³-hybridized carbons (Fsp3) is 0.385. The predicted octanol–water partition coefficient (Wildman–Crippen LogP) is 3.13. The Kier molecular flexibility index (Phi) is 3.19. The van der Waals surface area contributed by atoms with Crippen molar-refractivity contribution < 1.29 is 0 Å². The van der Waals surface area contributed by atoms with Gasteiger partial charge >= 0.3 is 0 Å². The molecule has 0 unspecified atom stereocenters. The third-order valence-electron chi connectivity index (χ3n) is 1.77. The van der Waals surface area contributed by atoms with E-state index in [1.165, 1.54) is 0 Å². The second kappa shape index (κ2) is 4.19. The van der Waals surface area contributed by atoms with Crippen molar-refractivity contribution in [2.75, 3.05) is 12.4 Å². The first kappa shape index (κ1) is 10.7. The molecule has 1 heteroatoms. The number of benzene rings is 1. The first-order chi connectivity index (χ1) is 6.53. The molecule has 0 heterocycles. The van der Waals surface area contributed by atoms with E-state index >= 15 is 0 Å². The number of anilines is 1. The minimum absolute atomic E-state index is 0.0564. The molecule has 0 bridgehead atoms. The van der Waals surface area contributed by atoms with Gasteiger partial charge in [-0.15, -0.1) is 0 Å². The summed E-state index contributed by atoms with van der Waals surface area (Å²) in [6.07, 6.45) is 0. The van der Waals surface area contributed by atoms with Crippen molar-refractivity contribution in [3.63, 3.8) is 0 Å². The van der Waals surface area contributed by atoms with Crippen molar-refractivity contribution in [2.24, 2.45) is 5.41 Å². The highest BCUT2D eigenvalue weighted by Crippen LogP contribution is 2.15. The zero-order chi connectivity index (χ0) is 10.6. The monoisotopic (exact) mass is 187 g/mol. The molecular formula is C13H17N. The van der Waals surface area contributed by atoms with Crippen LogP contribution in [0.3, 0.4) is 0 Å². The second-order valence-corrected chi connectivity index (χ2v) is 4.30. The molecule has 0 saturated heterocycles. The van der Waals surface area contributed by atoms with Crippen molar-refractivity contribution >= 4 is 5.69 Å². The Morgan fingerprint density at radius 3 is 2.36 bits per heavy atom. The molecule has 0 aliphatic carbocycles. The van der Waals surface area contributed by atoms with Gasteiger partial charge in [0.15, 0.2) is 0 Å². The first-order valence-corrected chi connectivity index (χ1v) is 4.83. The molecule has 0 fully saturated rings. The summed E-state index contributed by atoms with van der Waals surface area (Å²) in [5.74, 6) is 6.41. The fourth-order valence-corrected chi connectivity index (χ4v) is 1.06. The Labute approximate surface area is 86.5 Å². The Hall–Kier alpha value is -1.42. The van der Waals surface area contributed by atoms with Crippen LogP contribution in [0.1, 0.15) is 26.3 Å². The predicted molar refractivity (Wildman–Crippen MR) is 62.3 cm³/mol. The largest absolute Gasteiger partial charge is 0.387 e. The Morgan fingerprint density at radius 1 is 1.14 bits per heavy atom. The Bertz CT molecular complexity index is 361. The van der Waals surface area contributed by atoms with Gasteiger partial charge in [0.25, 0.3) is 0 Å². The minimum Gasteiger partial charge on any atom is -0.387 e. The van der Waals surface area contributed by atoms with Crippen molar-refractivity contribution in [3.05, 3.63) is 29.8 Å². The summed E-state index contributed by atoms with van der Waals surface area (Å²) in [7, 11) is 1.91. The average molecular weight is 187 g/mol. The summed E-state index contributed by atoms with van der Waals surface area (Å²) in [4.78, 5) is 0. The van der Waals surface area contributed by atoms with Gasteiger partial charge in [0.1, 0.15) is 0 Å². The van der Waals surface area contributed by atoms with E-state index in [0.717, 1.165) is 11.3 Å². The normalized spacial score (nSPS) is 10.3. The van der Waals surface area contributed by atoms with Gasteiger partial charge in [-0.05, 0) is 32.9 Å². The van der Waals surface area contributed by atoms with Crippen LogP contribution in [0.4, 0.5) is 5.69 Å². The van der Waals surface area contributed by atoms with E-state index in [-0.39, 0.29) is 5.41 Å². The van der Waals surface area contributed by atoms with E-state index in [0.29, 0.717) is 0 Å². The number of hydrogen-bond acceptors (Lipinski definition) is 1. The van der Waals surface area contributed by atoms with E-state index in [4.69, 9.17) is 0 Å². The van der Waals surface area contributed by atoms with Crippen LogP contribution >= 0.6 is 0 Å². The average Bonchev–Trinajstić information content (AvgIpc) is 2.14. The summed E-state index contributed by atoms with van der Waals surface area (Å²) in [5.41, 5.74) is 2.20. The van der Waals surface area contributed by atoms with E-state index < -0.39 is 0 Å². The lowest BCUT2D eigenvalue weighted by Crippen LogP contribution is -2.00. The highest BCUT2D eigenvalue weighted by Gasteiger charge is 2.03. The maximum absolute atomic E-state index is 3.22. The molecule has 0 amide bonds. The van der Waals surface area contributed by atoms with Gasteiger partial charge in [-0.2, -0.15) is 0 Å². The molecule has 0 saturated carbocycles. The zero-order valence-corrected chi connectivity index (χ0v) is 9.31. The molecule has 0 aliphatic rings. The molecule has 1 N–H and O–H groups in total. The van der Waals surface area contributed by atoms with E-state index in [1.54, 1.807) is 0 Å². The fourth-order valence-electron chi connectivity index (χ4n) is 1.06. The highest BCUT2D eigenvalue weighted by atomic mass is 14.8. The number of rotatable bonds is 1. The summed E-state index contributed by atoms with van der Waals surface area (Å²) >= 11 is 0. The van der Waals surface area contributed by atoms with Gasteiger partial charge in [-0.1, -0.05) is 24.0 Å². The number of nitrogens with one attached hydrogen (secondary N) is 1. The molecule has 1 aromatic rings. The van der Waals surface area contributed by atoms with E-state index in [1.807, 2.05) is 31.3 Å². The molecule has 14 heavy (non-hydrogen) atoms. The van der Waals surface area contributed by atoms with Gasteiger partial charge in [-0.3, -0.25) is 0 Å². The summed E-state index contributed by atoms with van der Waals surface area (Å²) in [5, 5.41) is 3.13. The lowest BCUT2D eigenvalue weighted by Gasteiger charge is -2.08. The number of hydrogen-bond donors (Lipinski definition) is 1. The van der Waals surface area contributed by atoms with Crippen LogP contribution in [0.15, 0.2) is 24.3 Å². The van der Waals surface area contributed by atoms with Gasteiger partial charge < -0.3 is 5.32 Å². The van der Waals surface area contributed by atoms with Crippen LogP contribution in [0.5, 0.6) is 0 Å². The standard InChI is InChI=1S/C13H17N/c1-13(2,3)10-9-11-7-5-6-8-12(11)14-4/h5-8,14H,1-4H3. The summed E-state index contributed by atoms with van der Waals surface area (Å²) in [6.45, 7) is 6.34. The van der Waals surface area contributed by atoms with E-state index in [9.17, 15) is 0 Å². The van der Waals surface area contributed by atoms with E-state index in [2.05, 4.69) is 37.9 Å². The molecule has 0 aromatic heterocycles. The van der Waals surface area contributed by atoms with Crippen LogP contribution < -0.4 is 5.32 Å². The van der Waals surface area contributed by atoms with Gasteiger partial charge in [0.2, 0.25) is 0 Å². The van der Waals surface area contributed by atoms with Gasteiger partial charge in [-0.25, -0.2) is 0 Å². The van der Waals surface area contributed by atoms with Crippen LogP contribution in [0.25, 0.3) is 0 Å². The maximum atomic E-state index is 3.22. The van der Waals surface area contributed by atoms with Crippen LogP contribution in [0, 0.1) is 17.3 Å². The van der Waals surface area contributed by atoms with Crippen molar-refractivity contribution in [2.45, 2.75) is 20.8 Å². The molecule has 0 aliphatic heterocycles. The molecule has 0 spiro atoms. The second-order valence-electron chi connectivity index (χ2n) is 4.30. The highest BCUT2D eigenvalue weighted by molar-refractivity contribution is 5.58. The minimum atomic E-state index is 0.0564. The SMILES string of the molecule is CNc1ccccc1C#CC(C)(C)C. The lowest BCUT2D eigenvalue weighted by atomic mass is 9.97. The maximum Gasteiger partial charge on any atom is 0.0496 e. The molecule has 1 nitrogen and oxygen atoms in total. The molecule has 0 atom stereocenters.